The second-order valence-electron chi connectivity index (χ2n) is 3.32. The summed E-state index contributed by atoms with van der Waals surface area (Å²) in [5, 5.41) is 0. The van der Waals surface area contributed by atoms with Crippen molar-refractivity contribution in [1.82, 2.24) is 0 Å². The first-order valence-electron chi connectivity index (χ1n) is 4.20. The van der Waals surface area contributed by atoms with Gasteiger partial charge in [-0.25, -0.2) is 0 Å². The van der Waals surface area contributed by atoms with Crippen molar-refractivity contribution in [3.05, 3.63) is 12.2 Å². The molecule has 0 bridgehead atoms. The van der Waals surface area contributed by atoms with Crippen LogP contribution in [0.1, 0.15) is 25.7 Å². The Morgan fingerprint density at radius 2 is 2.36 bits per heavy atom. The first-order chi connectivity index (χ1) is 5.27. The zero-order valence-electron chi connectivity index (χ0n) is 7.18. The molecule has 1 rings (SSSR count). The van der Waals surface area contributed by atoms with Crippen molar-refractivity contribution in [2.75, 3.05) is 12.0 Å². The average molecular weight is 171 g/mol. The maximum atomic E-state index is 6.18. The van der Waals surface area contributed by atoms with E-state index in [1.807, 2.05) is 11.8 Å². The lowest BCUT2D eigenvalue weighted by molar-refractivity contribution is 0.378. The maximum Gasteiger partial charge on any atom is 0.0200 e. The summed E-state index contributed by atoms with van der Waals surface area (Å²) in [6, 6.07) is 0. The number of hydrogen-bond acceptors (Lipinski definition) is 2. The monoisotopic (exact) mass is 171 g/mol. The molecular weight excluding hydrogens is 154 g/mol. The lowest BCUT2D eigenvalue weighted by atomic mass is 9.84. The quantitative estimate of drug-likeness (QED) is 0.659. The smallest absolute Gasteiger partial charge is 0.0200 e. The third-order valence-corrected chi connectivity index (χ3v) is 2.92. The minimum Gasteiger partial charge on any atom is -0.325 e. The van der Waals surface area contributed by atoms with E-state index in [-0.39, 0.29) is 5.54 Å². The lowest BCUT2D eigenvalue weighted by Gasteiger charge is -2.30. The molecule has 0 aromatic carbocycles. The summed E-state index contributed by atoms with van der Waals surface area (Å²) in [4.78, 5) is 0. The van der Waals surface area contributed by atoms with Crippen LogP contribution in [0, 0.1) is 0 Å². The molecule has 1 aliphatic carbocycles. The van der Waals surface area contributed by atoms with Gasteiger partial charge in [0.1, 0.15) is 0 Å². The van der Waals surface area contributed by atoms with E-state index in [0.717, 1.165) is 6.42 Å². The van der Waals surface area contributed by atoms with Gasteiger partial charge in [-0.2, -0.15) is 11.8 Å². The molecule has 0 saturated heterocycles. The number of nitrogens with two attached hydrogens (primary N) is 1. The Kier molecular flexibility index (Phi) is 3.46. The standard InChI is InChI=1S/C9H17NS/c1-11-8-7-9(10)5-3-2-4-6-9/h2-3H,4-8,10H2,1H3. The molecule has 0 fully saturated rings. The van der Waals surface area contributed by atoms with Gasteiger partial charge >= 0.3 is 0 Å². The van der Waals surface area contributed by atoms with E-state index in [1.165, 1.54) is 25.0 Å². The van der Waals surface area contributed by atoms with Crippen LogP contribution in [0.15, 0.2) is 12.2 Å². The molecule has 0 spiro atoms. The van der Waals surface area contributed by atoms with Gasteiger partial charge in [-0.15, -0.1) is 0 Å². The fourth-order valence-corrected chi connectivity index (χ4v) is 2.05. The van der Waals surface area contributed by atoms with Gasteiger partial charge in [0.25, 0.3) is 0 Å². The third kappa shape index (κ3) is 2.88. The average Bonchev–Trinajstić information content (AvgIpc) is 2.03. The van der Waals surface area contributed by atoms with Gasteiger partial charge in [0.2, 0.25) is 0 Å². The van der Waals surface area contributed by atoms with Crippen LogP contribution in [-0.2, 0) is 0 Å². The fraction of sp³-hybridized carbons (Fsp3) is 0.778. The topological polar surface area (TPSA) is 26.0 Å². The van der Waals surface area contributed by atoms with Crippen molar-refractivity contribution < 1.29 is 0 Å². The van der Waals surface area contributed by atoms with E-state index in [9.17, 15) is 0 Å². The number of hydrogen-bond donors (Lipinski definition) is 1. The Morgan fingerprint density at radius 3 is 2.91 bits per heavy atom. The van der Waals surface area contributed by atoms with Gasteiger partial charge in [0.15, 0.2) is 0 Å². The first-order valence-corrected chi connectivity index (χ1v) is 5.59. The van der Waals surface area contributed by atoms with E-state index >= 15 is 0 Å². The molecule has 1 nitrogen and oxygen atoms in total. The molecule has 0 heterocycles. The van der Waals surface area contributed by atoms with Crippen LogP contribution in [0.3, 0.4) is 0 Å². The number of thioether (sulfide) groups is 1. The van der Waals surface area contributed by atoms with E-state index in [4.69, 9.17) is 5.73 Å². The summed E-state index contributed by atoms with van der Waals surface area (Å²) in [5.41, 5.74) is 6.30. The molecule has 1 aliphatic rings. The Labute approximate surface area is 73.4 Å². The van der Waals surface area contributed by atoms with Crippen LogP contribution in [0.2, 0.25) is 0 Å². The largest absolute Gasteiger partial charge is 0.325 e. The van der Waals surface area contributed by atoms with E-state index in [1.54, 1.807) is 0 Å². The molecule has 0 aliphatic heterocycles. The Bertz CT molecular complexity index is 144. The first kappa shape index (κ1) is 9.14. The van der Waals surface area contributed by atoms with Crippen LogP contribution in [-0.4, -0.2) is 17.5 Å². The highest BCUT2D eigenvalue weighted by Crippen LogP contribution is 2.25. The van der Waals surface area contributed by atoms with E-state index in [0.29, 0.717) is 0 Å². The van der Waals surface area contributed by atoms with Gasteiger partial charge < -0.3 is 5.73 Å². The van der Waals surface area contributed by atoms with Crippen molar-refractivity contribution in [2.45, 2.75) is 31.2 Å². The van der Waals surface area contributed by atoms with Crippen molar-refractivity contribution in [3.63, 3.8) is 0 Å². The fourth-order valence-electron chi connectivity index (χ4n) is 1.44. The van der Waals surface area contributed by atoms with Crippen LogP contribution in [0.5, 0.6) is 0 Å². The van der Waals surface area contributed by atoms with Crippen molar-refractivity contribution in [3.8, 4) is 0 Å². The highest BCUT2D eigenvalue weighted by molar-refractivity contribution is 7.98. The molecule has 1 atom stereocenters. The maximum absolute atomic E-state index is 6.18. The Hall–Kier alpha value is 0.0500. The SMILES string of the molecule is CSCCC1(N)CC=CCC1. The molecule has 0 aromatic heterocycles. The summed E-state index contributed by atoms with van der Waals surface area (Å²) in [7, 11) is 0. The number of rotatable bonds is 3. The second kappa shape index (κ2) is 4.17. The van der Waals surface area contributed by atoms with Crippen LogP contribution < -0.4 is 5.73 Å². The van der Waals surface area contributed by atoms with Crippen molar-refractivity contribution in [1.29, 1.82) is 0 Å². The highest BCUT2D eigenvalue weighted by atomic mass is 32.2. The summed E-state index contributed by atoms with van der Waals surface area (Å²) in [6.45, 7) is 0. The zero-order chi connectivity index (χ0) is 8.16. The zero-order valence-corrected chi connectivity index (χ0v) is 7.99. The molecule has 64 valence electrons. The molecular formula is C9H17NS. The summed E-state index contributed by atoms with van der Waals surface area (Å²) >= 11 is 1.89. The minimum absolute atomic E-state index is 0.123. The van der Waals surface area contributed by atoms with Gasteiger partial charge in [-0.05, 0) is 37.7 Å². The predicted molar refractivity (Wildman–Crippen MR) is 52.9 cm³/mol. The molecule has 1 unspecified atom stereocenters. The lowest BCUT2D eigenvalue weighted by Crippen LogP contribution is -2.40. The van der Waals surface area contributed by atoms with Crippen LogP contribution in [0.25, 0.3) is 0 Å². The summed E-state index contributed by atoms with van der Waals surface area (Å²) in [5.74, 6) is 1.20. The molecule has 11 heavy (non-hydrogen) atoms. The highest BCUT2D eigenvalue weighted by Gasteiger charge is 2.23. The molecule has 0 radical (unpaired) electrons. The third-order valence-electron chi connectivity index (χ3n) is 2.30. The van der Waals surface area contributed by atoms with Gasteiger partial charge in [0.05, 0.1) is 0 Å². The van der Waals surface area contributed by atoms with Gasteiger partial charge in [-0.3, -0.25) is 0 Å². The van der Waals surface area contributed by atoms with Crippen molar-refractivity contribution in [2.24, 2.45) is 5.73 Å². The molecule has 2 heteroatoms. The van der Waals surface area contributed by atoms with Gasteiger partial charge in [0, 0.05) is 5.54 Å². The number of allylic oxidation sites excluding steroid dienone is 1. The van der Waals surface area contributed by atoms with Crippen LogP contribution in [0.4, 0.5) is 0 Å². The summed E-state index contributed by atoms with van der Waals surface area (Å²) in [6.07, 6.45) is 11.2. The minimum atomic E-state index is 0.123. The molecule has 0 amide bonds. The molecule has 0 aromatic rings. The molecule has 2 N–H and O–H groups in total. The Balaban J connectivity index is 2.33. The van der Waals surface area contributed by atoms with Gasteiger partial charge in [-0.1, -0.05) is 12.2 Å². The normalized spacial score (nSPS) is 30.7. The summed E-state index contributed by atoms with van der Waals surface area (Å²) < 4.78 is 0. The Morgan fingerprint density at radius 1 is 1.55 bits per heavy atom. The molecule has 0 saturated carbocycles. The van der Waals surface area contributed by atoms with Crippen LogP contribution >= 0.6 is 11.8 Å². The predicted octanol–water partition coefficient (Wildman–Crippen LogP) is 2.18. The van der Waals surface area contributed by atoms with E-state index in [2.05, 4.69) is 18.4 Å². The van der Waals surface area contributed by atoms with E-state index < -0.39 is 0 Å². The van der Waals surface area contributed by atoms with Crippen molar-refractivity contribution >= 4 is 11.8 Å². The second-order valence-corrected chi connectivity index (χ2v) is 4.30.